The maximum atomic E-state index is 12.1. The number of ether oxygens (including phenoxy) is 1. The molecule has 0 spiro atoms. The van der Waals surface area contributed by atoms with Crippen LogP contribution in [0.5, 0.6) is 0 Å². The van der Waals surface area contributed by atoms with Crippen LogP contribution >= 0.6 is 0 Å². The highest BCUT2D eigenvalue weighted by Gasteiger charge is 2.23. The number of hydrogen-bond donors (Lipinski definition) is 0. The predicted octanol–water partition coefficient (Wildman–Crippen LogP) is 3.51. The van der Waals surface area contributed by atoms with E-state index in [-0.39, 0.29) is 11.9 Å². The number of pyridine rings is 1. The molecule has 0 fully saturated rings. The highest BCUT2D eigenvalue weighted by Crippen LogP contribution is 2.28. The summed E-state index contributed by atoms with van der Waals surface area (Å²) in [5, 5.41) is 0. The molecule has 1 aromatic rings. The maximum Gasteiger partial charge on any atom is 0.339 e. The van der Waals surface area contributed by atoms with Crippen molar-refractivity contribution in [3.63, 3.8) is 0 Å². The first-order valence-electron chi connectivity index (χ1n) is 7.22. The third kappa shape index (κ3) is 2.96. The number of hydrogen-bond acceptors (Lipinski definition) is 3. The second kappa shape index (κ2) is 5.72. The van der Waals surface area contributed by atoms with Crippen molar-refractivity contribution in [2.75, 3.05) is 6.61 Å². The van der Waals surface area contributed by atoms with Gasteiger partial charge in [-0.05, 0) is 49.7 Å². The Morgan fingerprint density at radius 1 is 1.53 bits per heavy atom. The third-order valence-electron chi connectivity index (χ3n) is 3.71. The molecule has 0 aliphatic heterocycles. The van der Waals surface area contributed by atoms with E-state index in [4.69, 9.17) is 9.72 Å². The van der Waals surface area contributed by atoms with Gasteiger partial charge >= 0.3 is 5.97 Å². The summed E-state index contributed by atoms with van der Waals surface area (Å²) in [7, 11) is 0. The lowest BCUT2D eigenvalue weighted by Gasteiger charge is -2.23. The van der Waals surface area contributed by atoms with E-state index in [1.165, 1.54) is 17.7 Å². The molecule has 19 heavy (non-hydrogen) atoms. The predicted molar refractivity (Wildman–Crippen MR) is 75.5 cm³/mol. The fourth-order valence-electron chi connectivity index (χ4n) is 2.68. The highest BCUT2D eigenvalue weighted by molar-refractivity contribution is 5.91. The summed E-state index contributed by atoms with van der Waals surface area (Å²) in [6.45, 7) is 8.64. The van der Waals surface area contributed by atoms with Crippen molar-refractivity contribution in [2.45, 2.75) is 52.9 Å². The lowest BCUT2D eigenvalue weighted by Crippen LogP contribution is -2.18. The Labute approximate surface area is 115 Å². The molecule has 0 saturated heterocycles. The number of aromatic nitrogens is 1. The number of carbonyl (C=O) groups excluding carboxylic acids is 1. The van der Waals surface area contributed by atoms with E-state index in [2.05, 4.69) is 20.8 Å². The minimum atomic E-state index is -0.236. The molecule has 0 radical (unpaired) electrons. The van der Waals surface area contributed by atoms with Crippen LogP contribution in [0, 0.1) is 5.92 Å². The van der Waals surface area contributed by atoms with E-state index in [9.17, 15) is 4.79 Å². The van der Waals surface area contributed by atoms with Crippen LogP contribution in [0.4, 0.5) is 0 Å². The molecular formula is C16H23NO2. The molecule has 104 valence electrons. The second-order valence-electron chi connectivity index (χ2n) is 5.75. The zero-order valence-electron chi connectivity index (χ0n) is 12.3. The van der Waals surface area contributed by atoms with E-state index < -0.39 is 0 Å². The van der Waals surface area contributed by atoms with Crippen LogP contribution in [0.2, 0.25) is 0 Å². The molecule has 1 atom stereocenters. The van der Waals surface area contributed by atoms with Crippen molar-refractivity contribution in [2.24, 2.45) is 5.92 Å². The maximum absolute atomic E-state index is 12.1. The van der Waals surface area contributed by atoms with E-state index in [1.807, 2.05) is 13.0 Å². The van der Waals surface area contributed by atoms with Gasteiger partial charge in [-0.25, -0.2) is 4.79 Å². The second-order valence-corrected chi connectivity index (χ2v) is 5.75. The number of carbonyl (C=O) groups is 1. The molecule has 1 heterocycles. The van der Waals surface area contributed by atoms with E-state index in [0.29, 0.717) is 18.1 Å². The summed E-state index contributed by atoms with van der Waals surface area (Å²) in [6.07, 6.45) is 3.24. The topological polar surface area (TPSA) is 39.2 Å². The van der Waals surface area contributed by atoms with Crippen LogP contribution in [-0.4, -0.2) is 17.6 Å². The van der Waals surface area contributed by atoms with Gasteiger partial charge in [-0.15, -0.1) is 0 Å². The van der Waals surface area contributed by atoms with Crippen molar-refractivity contribution in [3.8, 4) is 0 Å². The quantitative estimate of drug-likeness (QED) is 0.782. The van der Waals surface area contributed by atoms with E-state index in [0.717, 1.165) is 18.5 Å². The molecule has 2 rings (SSSR count). The summed E-state index contributed by atoms with van der Waals surface area (Å²) in [6, 6.07) is 2.02. The molecule has 0 aromatic carbocycles. The Hall–Kier alpha value is -1.38. The molecule has 1 aliphatic carbocycles. The molecule has 1 unspecified atom stereocenters. The van der Waals surface area contributed by atoms with Crippen LogP contribution in [0.15, 0.2) is 6.07 Å². The number of esters is 1. The molecule has 0 bridgehead atoms. The molecule has 3 nitrogen and oxygen atoms in total. The number of aryl methyl sites for hydroxylation is 1. The zero-order chi connectivity index (χ0) is 14.0. The minimum Gasteiger partial charge on any atom is -0.462 e. The fraction of sp³-hybridized carbons (Fsp3) is 0.625. The minimum absolute atomic E-state index is 0.236. The SMILES string of the molecule is CCOC(=O)c1cc2c(nc1C(C)C)CCC(C)C2. The van der Waals surface area contributed by atoms with E-state index in [1.54, 1.807) is 0 Å². The van der Waals surface area contributed by atoms with Gasteiger partial charge < -0.3 is 4.74 Å². The monoisotopic (exact) mass is 261 g/mol. The number of fused-ring (bicyclic) bond motifs is 1. The molecule has 0 amide bonds. The molecule has 1 aliphatic rings. The molecule has 1 aromatic heterocycles. The summed E-state index contributed by atoms with van der Waals surface area (Å²) >= 11 is 0. The Balaban J connectivity index is 2.45. The summed E-state index contributed by atoms with van der Waals surface area (Å²) < 4.78 is 5.16. The van der Waals surface area contributed by atoms with Crippen LogP contribution < -0.4 is 0 Å². The van der Waals surface area contributed by atoms with Crippen LogP contribution in [-0.2, 0) is 17.6 Å². The number of rotatable bonds is 3. The molecular weight excluding hydrogens is 238 g/mol. The van der Waals surface area contributed by atoms with Crippen LogP contribution in [0.3, 0.4) is 0 Å². The lowest BCUT2D eigenvalue weighted by molar-refractivity contribution is 0.0523. The Morgan fingerprint density at radius 3 is 2.89 bits per heavy atom. The normalized spacial score (nSPS) is 18.3. The largest absolute Gasteiger partial charge is 0.462 e. The number of nitrogens with zero attached hydrogens (tertiary/aromatic N) is 1. The van der Waals surface area contributed by atoms with Crippen molar-refractivity contribution in [1.29, 1.82) is 0 Å². The molecule has 0 saturated carbocycles. The summed E-state index contributed by atoms with van der Waals surface area (Å²) in [5.74, 6) is 0.679. The van der Waals surface area contributed by atoms with Gasteiger partial charge in [0, 0.05) is 5.69 Å². The molecule has 0 N–H and O–H groups in total. The summed E-state index contributed by atoms with van der Waals surface area (Å²) in [4.78, 5) is 16.8. The first kappa shape index (κ1) is 14.0. The highest BCUT2D eigenvalue weighted by atomic mass is 16.5. The van der Waals surface area contributed by atoms with Gasteiger partial charge in [-0.3, -0.25) is 4.98 Å². The van der Waals surface area contributed by atoms with E-state index >= 15 is 0 Å². The zero-order valence-corrected chi connectivity index (χ0v) is 12.3. The standard InChI is InChI=1S/C16H23NO2/c1-5-19-16(18)13-9-12-8-11(4)6-7-14(12)17-15(13)10(2)3/h9-11H,5-8H2,1-4H3. The van der Waals surface area contributed by atoms with Crippen LogP contribution in [0.25, 0.3) is 0 Å². The fourth-order valence-corrected chi connectivity index (χ4v) is 2.68. The van der Waals surface area contributed by atoms with Gasteiger partial charge in [-0.2, -0.15) is 0 Å². The average Bonchev–Trinajstić information content (AvgIpc) is 2.37. The Kier molecular flexibility index (Phi) is 4.23. The van der Waals surface area contributed by atoms with Crippen molar-refractivity contribution in [1.82, 2.24) is 4.98 Å². The van der Waals surface area contributed by atoms with Crippen molar-refractivity contribution < 1.29 is 9.53 Å². The Bertz CT molecular complexity index is 480. The van der Waals surface area contributed by atoms with Gasteiger partial charge in [0.1, 0.15) is 0 Å². The van der Waals surface area contributed by atoms with Crippen LogP contribution in [0.1, 0.15) is 67.3 Å². The first-order chi connectivity index (χ1) is 9.02. The molecule has 3 heteroatoms. The van der Waals surface area contributed by atoms with Gasteiger partial charge in [0.25, 0.3) is 0 Å². The van der Waals surface area contributed by atoms with Gasteiger partial charge in [0.2, 0.25) is 0 Å². The van der Waals surface area contributed by atoms with Crippen molar-refractivity contribution in [3.05, 3.63) is 28.6 Å². The Morgan fingerprint density at radius 2 is 2.26 bits per heavy atom. The van der Waals surface area contributed by atoms with Crippen molar-refractivity contribution >= 4 is 5.97 Å². The van der Waals surface area contributed by atoms with Gasteiger partial charge in [0.15, 0.2) is 0 Å². The third-order valence-corrected chi connectivity index (χ3v) is 3.71. The van der Waals surface area contributed by atoms with Gasteiger partial charge in [-0.1, -0.05) is 20.8 Å². The smallest absolute Gasteiger partial charge is 0.339 e. The average molecular weight is 261 g/mol. The van der Waals surface area contributed by atoms with Gasteiger partial charge in [0.05, 0.1) is 17.9 Å². The summed E-state index contributed by atoms with van der Waals surface area (Å²) in [5.41, 5.74) is 3.94. The lowest BCUT2D eigenvalue weighted by atomic mass is 9.86. The first-order valence-corrected chi connectivity index (χ1v) is 7.22.